The molecule has 0 saturated carbocycles. The van der Waals surface area contributed by atoms with Gasteiger partial charge in [-0.2, -0.15) is 0 Å². The average Bonchev–Trinajstić information content (AvgIpc) is 4.09. The molecule has 0 aliphatic heterocycles. The van der Waals surface area contributed by atoms with Crippen LogP contribution in [-0.4, -0.2) is 0 Å². The first-order valence-corrected chi connectivity index (χ1v) is 22.3. The van der Waals surface area contributed by atoms with Crippen LogP contribution in [0.1, 0.15) is 44.5 Å². The zero-order valence-electron chi connectivity index (χ0n) is 34.9. The summed E-state index contributed by atoms with van der Waals surface area (Å²) in [5.41, 5.74) is 21.7. The molecule has 0 saturated heterocycles. The van der Waals surface area contributed by atoms with Crippen LogP contribution in [-0.2, 0) is 10.8 Å². The van der Waals surface area contributed by atoms with Gasteiger partial charge in [0, 0.05) is 22.2 Å². The van der Waals surface area contributed by atoms with Gasteiger partial charge < -0.3 is 9.32 Å². The Morgan fingerprint density at radius 2 is 0.781 bits per heavy atom. The minimum Gasteiger partial charge on any atom is -0.456 e. The van der Waals surface area contributed by atoms with Crippen molar-refractivity contribution < 1.29 is 4.42 Å². The second-order valence-electron chi connectivity index (χ2n) is 17.4. The zero-order chi connectivity index (χ0) is 42.0. The SMILES string of the molecule is c1ccc(N(c2cccc3c2-c2ccccc2C32c3ccccc3-c3ccccc32)c2ccc(C3(c4ccccc4)c4ccccc4-c4ccccc43)c3oc4ccccc4c23)cc1. The Bertz CT molecular complexity index is 3600. The van der Waals surface area contributed by atoms with Crippen molar-refractivity contribution in [1.82, 2.24) is 0 Å². The monoisotopic (exact) mass is 813 g/mol. The highest BCUT2D eigenvalue weighted by Gasteiger charge is 2.53. The van der Waals surface area contributed by atoms with Gasteiger partial charge in [0.2, 0.25) is 0 Å². The number of furan rings is 1. The summed E-state index contributed by atoms with van der Waals surface area (Å²) in [5, 5.41) is 2.17. The third-order valence-electron chi connectivity index (χ3n) is 14.6. The van der Waals surface area contributed by atoms with E-state index in [0.717, 1.165) is 44.6 Å². The summed E-state index contributed by atoms with van der Waals surface area (Å²) in [7, 11) is 0. The molecule has 0 amide bonds. The van der Waals surface area contributed by atoms with Crippen LogP contribution in [0.25, 0.3) is 55.3 Å². The molecule has 0 bridgehead atoms. The molecule has 3 aliphatic rings. The summed E-state index contributed by atoms with van der Waals surface area (Å²) in [5.74, 6) is 0. The van der Waals surface area contributed by atoms with Crippen LogP contribution in [0.2, 0.25) is 0 Å². The molecular weight excluding hydrogens is 775 g/mol. The van der Waals surface area contributed by atoms with Gasteiger partial charge in [-0.05, 0) is 97.1 Å². The number of rotatable bonds is 5. The lowest BCUT2D eigenvalue weighted by Crippen LogP contribution is -2.29. The van der Waals surface area contributed by atoms with Gasteiger partial charge in [-0.25, -0.2) is 0 Å². The van der Waals surface area contributed by atoms with Gasteiger partial charge in [0.1, 0.15) is 11.2 Å². The quantitative estimate of drug-likeness (QED) is 0.172. The molecule has 0 N–H and O–H groups in total. The summed E-state index contributed by atoms with van der Waals surface area (Å²) in [6.45, 7) is 0. The minimum atomic E-state index is -0.640. The number of hydrogen-bond donors (Lipinski definition) is 0. The number of para-hydroxylation sites is 2. The molecule has 0 unspecified atom stereocenters. The lowest BCUT2D eigenvalue weighted by molar-refractivity contribution is 0.648. The largest absolute Gasteiger partial charge is 0.456 e. The molecule has 298 valence electrons. The number of hydrogen-bond acceptors (Lipinski definition) is 2. The van der Waals surface area contributed by atoms with Crippen LogP contribution in [0, 0.1) is 0 Å². The van der Waals surface area contributed by atoms with Crippen LogP contribution in [0.5, 0.6) is 0 Å². The highest BCUT2D eigenvalue weighted by molar-refractivity contribution is 6.16. The molecule has 1 spiro atoms. The Labute approximate surface area is 372 Å². The Morgan fingerprint density at radius 1 is 0.312 bits per heavy atom. The number of nitrogens with zero attached hydrogens (tertiary/aromatic N) is 1. The number of anilines is 3. The van der Waals surface area contributed by atoms with Crippen LogP contribution >= 0.6 is 0 Å². The van der Waals surface area contributed by atoms with Gasteiger partial charge in [0.15, 0.2) is 0 Å². The van der Waals surface area contributed by atoms with Gasteiger partial charge >= 0.3 is 0 Å². The smallest absolute Gasteiger partial charge is 0.142 e. The van der Waals surface area contributed by atoms with Crippen molar-refractivity contribution in [2.45, 2.75) is 10.8 Å². The Morgan fingerprint density at radius 3 is 1.39 bits per heavy atom. The number of fused-ring (bicyclic) bond motifs is 16. The van der Waals surface area contributed by atoms with Crippen molar-refractivity contribution in [3.05, 3.63) is 281 Å². The van der Waals surface area contributed by atoms with E-state index in [4.69, 9.17) is 4.42 Å². The summed E-state index contributed by atoms with van der Waals surface area (Å²) in [4.78, 5) is 2.50. The van der Waals surface area contributed by atoms with Crippen molar-refractivity contribution in [3.8, 4) is 33.4 Å². The molecule has 1 heterocycles. The predicted octanol–water partition coefficient (Wildman–Crippen LogP) is 15.8. The van der Waals surface area contributed by atoms with Gasteiger partial charge in [-0.15, -0.1) is 0 Å². The maximum atomic E-state index is 7.31. The first-order chi connectivity index (χ1) is 31.8. The fourth-order valence-electron chi connectivity index (χ4n) is 12.3. The summed E-state index contributed by atoms with van der Waals surface area (Å²) in [6.07, 6.45) is 0. The molecule has 1 aromatic heterocycles. The van der Waals surface area contributed by atoms with E-state index in [0.29, 0.717) is 0 Å². The van der Waals surface area contributed by atoms with Gasteiger partial charge in [0.05, 0.1) is 27.6 Å². The lowest BCUT2D eigenvalue weighted by atomic mass is 9.67. The molecule has 0 radical (unpaired) electrons. The summed E-state index contributed by atoms with van der Waals surface area (Å²) >= 11 is 0. The summed E-state index contributed by atoms with van der Waals surface area (Å²) in [6, 6.07) is 87.3. The molecule has 0 fully saturated rings. The molecular formula is C62H39NO. The molecule has 3 aliphatic carbocycles. The highest BCUT2D eigenvalue weighted by atomic mass is 16.3. The molecule has 2 heteroatoms. The predicted molar refractivity (Wildman–Crippen MR) is 262 cm³/mol. The van der Waals surface area contributed by atoms with E-state index in [1.165, 1.54) is 72.3 Å². The lowest BCUT2D eigenvalue weighted by Gasteiger charge is -2.35. The standard InChI is InChI=1S/C62H39NO/c1-3-20-40(21-4-1)61(48-30-13-7-24-42(48)43-25-8-14-31-49(43)61)54-38-39-56(59-47-29-12-18-37-57(47)64-60(54)59)63(41-22-5-2-6-23-41)55-36-19-35-53-58(55)46-28-11-17-34-52(46)62(53)50-32-15-9-26-44(50)45-27-10-16-33-51(45)62/h1-39H. The van der Waals surface area contributed by atoms with Crippen LogP contribution in [0.15, 0.2) is 241 Å². The van der Waals surface area contributed by atoms with Crippen molar-refractivity contribution in [2.24, 2.45) is 0 Å². The molecule has 2 nitrogen and oxygen atoms in total. The fourth-order valence-corrected chi connectivity index (χ4v) is 12.3. The number of benzene rings is 10. The van der Waals surface area contributed by atoms with E-state index in [-0.39, 0.29) is 0 Å². The highest BCUT2D eigenvalue weighted by Crippen LogP contribution is 2.65. The molecule has 64 heavy (non-hydrogen) atoms. The van der Waals surface area contributed by atoms with Crippen molar-refractivity contribution >= 4 is 39.0 Å². The van der Waals surface area contributed by atoms with E-state index in [1.807, 2.05) is 0 Å². The van der Waals surface area contributed by atoms with E-state index >= 15 is 0 Å². The fraction of sp³-hybridized carbons (Fsp3) is 0.0323. The third kappa shape index (κ3) is 4.39. The van der Waals surface area contributed by atoms with Crippen LogP contribution < -0.4 is 4.90 Å². The first kappa shape index (κ1) is 35.4. The van der Waals surface area contributed by atoms with E-state index in [1.54, 1.807) is 0 Å². The van der Waals surface area contributed by atoms with E-state index in [2.05, 4.69) is 241 Å². The van der Waals surface area contributed by atoms with Gasteiger partial charge in [-0.3, -0.25) is 0 Å². The van der Waals surface area contributed by atoms with Crippen molar-refractivity contribution in [1.29, 1.82) is 0 Å². The second kappa shape index (κ2) is 13.2. The molecule has 0 atom stereocenters. The minimum absolute atomic E-state index is 0.468. The van der Waals surface area contributed by atoms with E-state index < -0.39 is 10.8 Å². The molecule has 14 rings (SSSR count). The van der Waals surface area contributed by atoms with E-state index in [9.17, 15) is 0 Å². The second-order valence-corrected chi connectivity index (χ2v) is 17.4. The average molecular weight is 814 g/mol. The Balaban J connectivity index is 1.10. The van der Waals surface area contributed by atoms with Crippen molar-refractivity contribution in [3.63, 3.8) is 0 Å². The topological polar surface area (TPSA) is 16.4 Å². The molecule has 10 aromatic carbocycles. The third-order valence-corrected chi connectivity index (χ3v) is 14.6. The van der Waals surface area contributed by atoms with Crippen LogP contribution in [0.4, 0.5) is 17.1 Å². The van der Waals surface area contributed by atoms with Crippen LogP contribution in [0.3, 0.4) is 0 Å². The Kier molecular flexibility index (Phi) is 7.28. The zero-order valence-corrected chi connectivity index (χ0v) is 34.9. The summed E-state index contributed by atoms with van der Waals surface area (Å²) < 4.78 is 7.31. The van der Waals surface area contributed by atoms with Crippen molar-refractivity contribution in [2.75, 3.05) is 4.90 Å². The Hall–Kier alpha value is -8.20. The molecule has 11 aromatic rings. The van der Waals surface area contributed by atoms with Gasteiger partial charge in [-0.1, -0.05) is 206 Å². The maximum absolute atomic E-state index is 7.31. The van der Waals surface area contributed by atoms with Gasteiger partial charge in [0.25, 0.3) is 0 Å². The maximum Gasteiger partial charge on any atom is 0.142 e. The first-order valence-electron chi connectivity index (χ1n) is 22.3. The normalized spacial score (nSPS) is 14.2.